The Balaban J connectivity index is 2.54. The largest absolute Gasteiger partial charge is 0.298 e. The Morgan fingerprint density at radius 3 is 3.19 bits per heavy atom. The maximum atomic E-state index is 8.96. The lowest BCUT2D eigenvalue weighted by atomic mass is 10.2. The Bertz CT molecular complexity index is 410. The second-order valence-corrected chi connectivity index (χ2v) is 3.10. The van der Waals surface area contributed by atoms with Crippen molar-refractivity contribution in [2.45, 2.75) is 19.5 Å². The van der Waals surface area contributed by atoms with Crippen molar-refractivity contribution in [2.75, 3.05) is 13.1 Å². The minimum Gasteiger partial charge on any atom is -0.298 e. The number of azide groups is 1. The van der Waals surface area contributed by atoms with Crippen LogP contribution in [0.15, 0.2) is 17.5 Å². The molecule has 0 aromatic carbocycles. The molecule has 16 heavy (non-hydrogen) atoms. The van der Waals surface area contributed by atoms with Gasteiger partial charge in [-0.15, -0.1) is 0 Å². The molecule has 0 saturated carbocycles. The van der Waals surface area contributed by atoms with Gasteiger partial charge in [-0.2, -0.15) is 10.4 Å². The third-order valence-corrected chi connectivity index (χ3v) is 2.06. The van der Waals surface area contributed by atoms with E-state index in [0.717, 1.165) is 12.1 Å². The second kappa shape index (κ2) is 6.45. The first-order valence-electron chi connectivity index (χ1n) is 4.98. The highest BCUT2D eigenvalue weighted by atomic mass is 15.3. The summed E-state index contributed by atoms with van der Waals surface area (Å²) in [5.74, 6) is 0. The zero-order valence-corrected chi connectivity index (χ0v) is 9.04. The molecule has 1 unspecified atom stereocenters. The quantitative estimate of drug-likeness (QED) is 0.338. The summed E-state index contributed by atoms with van der Waals surface area (Å²) in [6, 6.07) is 1.73. The fourth-order valence-electron chi connectivity index (χ4n) is 1.24. The topological polar surface area (TPSA) is 102 Å². The van der Waals surface area contributed by atoms with Gasteiger partial charge in [-0.25, -0.2) is 0 Å². The van der Waals surface area contributed by atoms with Crippen LogP contribution in [-0.2, 0) is 6.54 Å². The van der Waals surface area contributed by atoms with E-state index in [4.69, 9.17) is 10.8 Å². The molecule has 0 fully saturated rings. The first-order valence-corrected chi connectivity index (χ1v) is 4.98. The second-order valence-electron chi connectivity index (χ2n) is 3.10. The molecule has 0 spiro atoms. The lowest BCUT2D eigenvalue weighted by molar-refractivity contribution is 0.630. The molecule has 1 rings (SSSR count). The van der Waals surface area contributed by atoms with Gasteiger partial charge < -0.3 is 0 Å². The van der Waals surface area contributed by atoms with E-state index in [2.05, 4.69) is 26.5 Å². The Hall–Kier alpha value is -2.03. The van der Waals surface area contributed by atoms with Crippen molar-refractivity contribution in [1.29, 1.82) is 5.26 Å². The minimum atomic E-state index is -0.408. The number of aryl methyl sites for hydroxylation is 1. The van der Waals surface area contributed by atoms with E-state index in [9.17, 15) is 0 Å². The molecule has 0 aliphatic carbocycles. The van der Waals surface area contributed by atoms with Gasteiger partial charge in [0.1, 0.15) is 6.04 Å². The van der Waals surface area contributed by atoms with Crippen molar-refractivity contribution in [3.05, 3.63) is 28.4 Å². The van der Waals surface area contributed by atoms with Crippen LogP contribution < -0.4 is 5.32 Å². The Labute approximate surface area is 93.3 Å². The molecule has 1 N–H and O–H groups in total. The minimum absolute atomic E-state index is 0.330. The van der Waals surface area contributed by atoms with Crippen LogP contribution in [0.2, 0.25) is 0 Å². The summed E-state index contributed by atoms with van der Waals surface area (Å²) < 4.78 is 1.76. The van der Waals surface area contributed by atoms with E-state index in [-0.39, 0.29) is 0 Å². The molecule has 1 heterocycles. The molecule has 1 aromatic heterocycles. The molecule has 0 radical (unpaired) electrons. The van der Waals surface area contributed by atoms with Crippen LogP contribution in [0, 0.1) is 11.3 Å². The van der Waals surface area contributed by atoms with Gasteiger partial charge >= 0.3 is 0 Å². The SMILES string of the molecule is CCn1cc(C(C#N)NCCN=[N+]=[N-])cn1. The van der Waals surface area contributed by atoms with Crippen LogP contribution in [0.25, 0.3) is 10.4 Å². The molecule has 1 aromatic rings. The zero-order chi connectivity index (χ0) is 11.8. The molecule has 0 saturated heterocycles. The van der Waals surface area contributed by atoms with Crippen molar-refractivity contribution in [1.82, 2.24) is 15.1 Å². The van der Waals surface area contributed by atoms with Crippen LogP contribution >= 0.6 is 0 Å². The number of hydrogen-bond donors (Lipinski definition) is 1. The van der Waals surface area contributed by atoms with Crippen molar-refractivity contribution < 1.29 is 0 Å². The van der Waals surface area contributed by atoms with Gasteiger partial charge in [-0.05, 0) is 12.5 Å². The summed E-state index contributed by atoms with van der Waals surface area (Å²) in [5.41, 5.74) is 8.92. The van der Waals surface area contributed by atoms with E-state index in [1.54, 1.807) is 10.9 Å². The normalized spacial score (nSPS) is 11.5. The van der Waals surface area contributed by atoms with Crippen LogP contribution in [0.5, 0.6) is 0 Å². The zero-order valence-electron chi connectivity index (χ0n) is 9.04. The number of nitriles is 1. The van der Waals surface area contributed by atoms with Crippen LogP contribution in [0.4, 0.5) is 0 Å². The Kier molecular flexibility index (Phi) is 4.86. The number of hydrogen-bond acceptors (Lipinski definition) is 4. The predicted octanol–water partition coefficient (Wildman–Crippen LogP) is 1.37. The maximum Gasteiger partial charge on any atom is 0.124 e. The fraction of sp³-hybridized carbons (Fsp3) is 0.556. The van der Waals surface area contributed by atoms with Gasteiger partial charge in [-0.1, -0.05) is 5.11 Å². The summed E-state index contributed by atoms with van der Waals surface area (Å²) in [4.78, 5) is 2.63. The molecular weight excluding hydrogens is 206 g/mol. The van der Waals surface area contributed by atoms with E-state index in [0.29, 0.717) is 13.1 Å². The lowest BCUT2D eigenvalue weighted by Gasteiger charge is -2.07. The summed E-state index contributed by atoms with van der Waals surface area (Å²) in [7, 11) is 0. The molecule has 0 aliphatic rings. The lowest BCUT2D eigenvalue weighted by Crippen LogP contribution is -2.22. The molecule has 7 nitrogen and oxygen atoms in total. The monoisotopic (exact) mass is 219 g/mol. The number of rotatable bonds is 6. The highest BCUT2D eigenvalue weighted by Crippen LogP contribution is 2.10. The van der Waals surface area contributed by atoms with Crippen LogP contribution in [0.1, 0.15) is 18.5 Å². The van der Waals surface area contributed by atoms with E-state index >= 15 is 0 Å². The number of nitrogens with one attached hydrogen (secondary N) is 1. The van der Waals surface area contributed by atoms with Crippen LogP contribution in [-0.4, -0.2) is 22.9 Å². The summed E-state index contributed by atoms with van der Waals surface area (Å²) in [5, 5.41) is 19.4. The van der Waals surface area contributed by atoms with E-state index in [1.165, 1.54) is 0 Å². The number of aromatic nitrogens is 2. The molecule has 1 atom stereocenters. The third kappa shape index (κ3) is 3.28. The Morgan fingerprint density at radius 1 is 1.81 bits per heavy atom. The first-order chi connectivity index (χ1) is 7.81. The van der Waals surface area contributed by atoms with Gasteiger partial charge in [0, 0.05) is 36.3 Å². The standard InChI is InChI=1S/C9H13N7/c1-2-16-7-8(6-14-16)9(5-10)12-3-4-13-15-11/h6-7,9,12H,2-4H2,1H3. The maximum absolute atomic E-state index is 8.96. The van der Waals surface area contributed by atoms with E-state index < -0.39 is 6.04 Å². The summed E-state index contributed by atoms with van der Waals surface area (Å²) >= 11 is 0. The fourth-order valence-corrected chi connectivity index (χ4v) is 1.24. The molecule has 0 bridgehead atoms. The third-order valence-electron chi connectivity index (χ3n) is 2.06. The number of nitrogens with zero attached hydrogens (tertiary/aromatic N) is 6. The van der Waals surface area contributed by atoms with Crippen LogP contribution in [0.3, 0.4) is 0 Å². The summed E-state index contributed by atoms with van der Waals surface area (Å²) in [6.45, 7) is 3.56. The van der Waals surface area contributed by atoms with Gasteiger partial charge in [0.15, 0.2) is 0 Å². The summed E-state index contributed by atoms with van der Waals surface area (Å²) in [6.07, 6.45) is 3.49. The molecule has 7 heteroatoms. The smallest absolute Gasteiger partial charge is 0.124 e. The van der Waals surface area contributed by atoms with Gasteiger partial charge in [0.2, 0.25) is 0 Å². The average molecular weight is 219 g/mol. The van der Waals surface area contributed by atoms with Crippen molar-refractivity contribution in [3.63, 3.8) is 0 Å². The predicted molar refractivity (Wildman–Crippen MR) is 58.3 cm³/mol. The van der Waals surface area contributed by atoms with Crippen molar-refractivity contribution in [2.24, 2.45) is 5.11 Å². The van der Waals surface area contributed by atoms with Gasteiger partial charge in [0.05, 0.1) is 12.3 Å². The van der Waals surface area contributed by atoms with E-state index in [1.807, 2.05) is 13.1 Å². The molecular formula is C9H13N7. The van der Waals surface area contributed by atoms with Crippen molar-refractivity contribution in [3.8, 4) is 6.07 Å². The first kappa shape index (κ1) is 12.0. The highest BCUT2D eigenvalue weighted by molar-refractivity contribution is 5.17. The molecule has 84 valence electrons. The Morgan fingerprint density at radius 2 is 2.62 bits per heavy atom. The highest BCUT2D eigenvalue weighted by Gasteiger charge is 2.10. The van der Waals surface area contributed by atoms with Gasteiger partial charge in [0.25, 0.3) is 0 Å². The molecule has 0 amide bonds. The average Bonchev–Trinajstić information content (AvgIpc) is 2.78. The molecule has 0 aliphatic heterocycles. The van der Waals surface area contributed by atoms with Gasteiger partial charge in [-0.3, -0.25) is 10.00 Å². The van der Waals surface area contributed by atoms with Crippen molar-refractivity contribution >= 4 is 0 Å².